The molecule has 0 N–H and O–H groups in total. The van der Waals surface area contributed by atoms with Gasteiger partial charge in [0, 0.05) is 0 Å². The highest BCUT2D eigenvalue weighted by Crippen LogP contribution is 2.44. The molecule has 1 aliphatic heterocycles. The van der Waals surface area contributed by atoms with Gasteiger partial charge in [0.15, 0.2) is 6.10 Å². The van der Waals surface area contributed by atoms with E-state index >= 15 is 0 Å². The van der Waals surface area contributed by atoms with Crippen molar-refractivity contribution < 1.29 is 17.9 Å². The molecule has 4 heteroatoms. The van der Waals surface area contributed by atoms with Gasteiger partial charge in [-0.15, -0.1) is 0 Å². The quantitative estimate of drug-likeness (QED) is 0.568. The van der Waals surface area contributed by atoms with Crippen LogP contribution in [0.1, 0.15) is 33.1 Å². The summed E-state index contributed by atoms with van der Waals surface area (Å²) in [5, 5.41) is 0. The minimum atomic E-state index is -4.22. The van der Waals surface area contributed by atoms with E-state index in [9.17, 15) is 13.2 Å². The maximum Gasteiger partial charge on any atom is 0.414 e. The van der Waals surface area contributed by atoms with Crippen LogP contribution in [0.15, 0.2) is 11.1 Å². The van der Waals surface area contributed by atoms with Crippen molar-refractivity contribution in [2.75, 3.05) is 0 Å². The molecule has 2 rings (SSSR count). The highest BCUT2D eigenvalue weighted by atomic mass is 19.4. The zero-order valence-electron chi connectivity index (χ0n) is 8.90. The van der Waals surface area contributed by atoms with E-state index in [4.69, 9.17) is 4.74 Å². The van der Waals surface area contributed by atoms with Crippen molar-refractivity contribution in [3.8, 4) is 0 Å². The first-order valence-electron chi connectivity index (χ1n) is 5.33. The number of alkyl halides is 3. The number of hydrogen-bond donors (Lipinski definition) is 0. The van der Waals surface area contributed by atoms with Crippen molar-refractivity contribution >= 4 is 0 Å². The fraction of sp³-hybridized carbons (Fsp3) is 0.818. The van der Waals surface area contributed by atoms with Crippen molar-refractivity contribution in [1.82, 2.24) is 0 Å². The van der Waals surface area contributed by atoms with Crippen LogP contribution in [0.4, 0.5) is 13.2 Å². The zero-order valence-corrected chi connectivity index (χ0v) is 8.90. The summed E-state index contributed by atoms with van der Waals surface area (Å²) in [7, 11) is 0. The predicted octanol–water partition coefficient (Wildman–Crippen LogP) is 3.45. The summed E-state index contributed by atoms with van der Waals surface area (Å²) >= 11 is 0. The zero-order chi connectivity index (χ0) is 11.2. The maximum atomic E-state index is 12.5. The van der Waals surface area contributed by atoms with Gasteiger partial charge >= 0.3 is 6.18 Å². The molecule has 0 amide bonds. The molecule has 0 bridgehead atoms. The van der Waals surface area contributed by atoms with Crippen LogP contribution in [0, 0.1) is 5.92 Å². The molecule has 0 aromatic heterocycles. The minimum absolute atomic E-state index is 0.0119. The highest BCUT2D eigenvalue weighted by Gasteiger charge is 2.46. The molecule has 2 fully saturated rings. The molecule has 1 saturated carbocycles. The fourth-order valence-electron chi connectivity index (χ4n) is 2.42. The molecule has 0 aromatic rings. The third kappa shape index (κ3) is 2.19. The smallest absolute Gasteiger partial charge is 0.361 e. The van der Waals surface area contributed by atoms with E-state index in [-0.39, 0.29) is 18.4 Å². The molecule has 1 unspecified atom stereocenters. The molecule has 1 nitrogen and oxygen atoms in total. The summed E-state index contributed by atoms with van der Waals surface area (Å²) in [4.78, 5) is 0. The van der Waals surface area contributed by atoms with Crippen LogP contribution in [-0.4, -0.2) is 18.4 Å². The van der Waals surface area contributed by atoms with Gasteiger partial charge in [0.2, 0.25) is 0 Å². The van der Waals surface area contributed by atoms with Crippen LogP contribution >= 0.6 is 0 Å². The Morgan fingerprint density at radius 1 is 1.20 bits per heavy atom. The summed E-state index contributed by atoms with van der Waals surface area (Å²) in [6.45, 7) is 3.60. The standard InChI is InChI=1S/C11H15F3O/c1-6-5-9(11(12,13)14)15-7(2)10(6)8-3-4-8/h6-7,9H,3-5H2,1-2H3/t6-,7-,9?/m0/s1. The summed E-state index contributed by atoms with van der Waals surface area (Å²) in [5.41, 5.74) is 2.44. The second-order valence-corrected chi connectivity index (χ2v) is 4.50. The molecule has 0 radical (unpaired) electrons. The second kappa shape index (κ2) is 3.51. The number of hydrogen-bond acceptors (Lipinski definition) is 1. The predicted molar refractivity (Wildman–Crippen MR) is 50.4 cm³/mol. The second-order valence-electron chi connectivity index (χ2n) is 4.50. The topological polar surface area (TPSA) is 9.23 Å². The lowest BCUT2D eigenvalue weighted by Crippen LogP contribution is -2.41. The van der Waals surface area contributed by atoms with Gasteiger partial charge in [-0.3, -0.25) is 0 Å². The number of rotatable bonds is 0. The Morgan fingerprint density at radius 3 is 2.20 bits per heavy atom. The first kappa shape index (κ1) is 11.0. The fourth-order valence-corrected chi connectivity index (χ4v) is 2.42. The molecular weight excluding hydrogens is 205 g/mol. The van der Waals surface area contributed by atoms with Gasteiger partial charge in [0.25, 0.3) is 0 Å². The third-order valence-corrected chi connectivity index (χ3v) is 3.18. The SMILES string of the molecule is C[C@@H]1OC(C(F)(F)F)C[C@H](C)C1=C1CC1. The first-order valence-corrected chi connectivity index (χ1v) is 5.33. The molecule has 0 aromatic carbocycles. The average Bonchev–Trinajstić information content (AvgIpc) is 2.84. The van der Waals surface area contributed by atoms with Crippen molar-refractivity contribution in [2.45, 2.75) is 51.5 Å². The van der Waals surface area contributed by atoms with Crippen LogP contribution in [0.25, 0.3) is 0 Å². The third-order valence-electron chi connectivity index (χ3n) is 3.18. The minimum Gasteiger partial charge on any atom is -0.361 e. The Morgan fingerprint density at radius 2 is 1.80 bits per heavy atom. The van der Waals surface area contributed by atoms with Crippen molar-refractivity contribution in [3.05, 3.63) is 11.1 Å². The Balaban J connectivity index is 2.13. The van der Waals surface area contributed by atoms with E-state index < -0.39 is 12.3 Å². The van der Waals surface area contributed by atoms with Gasteiger partial charge in [-0.2, -0.15) is 13.2 Å². The Hall–Kier alpha value is -0.510. The molecule has 3 atom stereocenters. The van der Waals surface area contributed by atoms with Gasteiger partial charge in [-0.05, 0) is 37.7 Å². The van der Waals surface area contributed by atoms with Crippen molar-refractivity contribution in [2.24, 2.45) is 5.92 Å². The number of allylic oxidation sites excluding steroid dienone is 1. The Labute approximate surface area is 87.3 Å². The van der Waals surface area contributed by atoms with Crippen molar-refractivity contribution in [1.29, 1.82) is 0 Å². The summed E-state index contributed by atoms with van der Waals surface area (Å²) in [6, 6.07) is 0. The summed E-state index contributed by atoms with van der Waals surface area (Å²) in [5.74, 6) is 0.0119. The lowest BCUT2D eigenvalue weighted by atomic mass is 9.87. The Bertz CT molecular complexity index is 273. The van der Waals surface area contributed by atoms with E-state index in [2.05, 4.69) is 0 Å². The maximum absolute atomic E-state index is 12.5. The summed E-state index contributed by atoms with van der Waals surface area (Å²) < 4.78 is 42.5. The van der Waals surface area contributed by atoms with Gasteiger partial charge < -0.3 is 4.74 Å². The lowest BCUT2D eigenvalue weighted by Gasteiger charge is -2.35. The molecule has 1 saturated heterocycles. The highest BCUT2D eigenvalue weighted by molar-refractivity contribution is 5.30. The first-order chi connectivity index (χ1) is 6.89. The van der Waals surface area contributed by atoms with Gasteiger partial charge in [0.05, 0.1) is 6.10 Å². The van der Waals surface area contributed by atoms with Crippen molar-refractivity contribution in [3.63, 3.8) is 0 Å². The van der Waals surface area contributed by atoms with Crippen LogP contribution < -0.4 is 0 Å². The monoisotopic (exact) mass is 220 g/mol. The van der Waals surface area contributed by atoms with Gasteiger partial charge in [-0.25, -0.2) is 0 Å². The largest absolute Gasteiger partial charge is 0.414 e. The van der Waals surface area contributed by atoms with E-state index in [1.54, 1.807) is 6.92 Å². The Kier molecular flexibility index (Phi) is 2.57. The van der Waals surface area contributed by atoms with Crippen LogP contribution in [0.5, 0.6) is 0 Å². The average molecular weight is 220 g/mol. The van der Waals surface area contributed by atoms with Gasteiger partial charge in [-0.1, -0.05) is 12.5 Å². The van der Waals surface area contributed by atoms with Gasteiger partial charge in [0.1, 0.15) is 0 Å². The molecular formula is C11H15F3O. The van der Waals surface area contributed by atoms with E-state index in [1.807, 2.05) is 6.92 Å². The molecule has 1 heterocycles. The van der Waals surface area contributed by atoms with E-state index in [1.165, 1.54) is 5.57 Å². The number of halogens is 3. The van der Waals surface area contributed by atoms with E-state index in [0.29, 0.717) is 0 Å². The molecule has 15 heavy (non-hydrogen) atoms. The van der Waals surface area contributed by atoms with Crippen LogP contribution in [0.2, 0.25) is 0 Å². The van der Waals surface area contributed by atoms with Crippen LogP contribution in [-0.2, 0) is 4.74 Å². The van der Waals surface area contributed by atoms with E-state index in [0.717, 1.165) is 18.4 Å². The lowest BCUT2D eigenvalue weighted by molar-refractivity contribution is -0.239. The normalized spacial score (nSPS) is 37.0. The molecule has 1 aliphatic carbocycles. The summed E-state index contributed by atoms with van der Waals surface area (Å²) in [6.07, 6.45) is -3.99. The molecule has 0 spiro atoms. The number of ether oxygens (including phenoxy) is 1. The molecule has 2 aliphatic rings. The molecule has 86 valence electrons. The van der Waals surface area contributed by atoms with Crippen LogP contribution in [0.3, 0.4) is 0 Å².